The number of nitrogens with zero attached hydrogens (tertiary/aromatic N) is 1. The number of aryl methyl sites for hydroxylation is 1. The van der Waals surface area contributed by atoms with E-state index in [1.54, 1.807) is 6.20 Å². The van der Waals surface area contributed by atoms with E-state index in [2.05, 4.69) is 39.6 Å². The van der Waals surface area contributed by atoms with Gasteiger partial charge in [0.2, 0.25) is 9.76 Å². The van der Waals surface area contributed by atoms with Gasteiger partial charge in [-0.1, -0.05) is 32.4 Å². The summed E-state index contributed by atoms with van der Waals surface area (Å²) >= 11 is 5.95. The lowest BCUT2D eigenvalue weighted by Crippen LogP contribution is -2.28. The van der Waals surface area contributed by atoms with Crippen molar-refractivity contribution >= 4 is 21.4 Å². The molecule has 0 atom stereocenters. The Morgan fingerprint density at radius 3 is 2.35 bits per heavy atom. The zero-order chi connectivity index (χ0) is 13.3. The molecule has 0 saturated heterocycles. The second kappa shape index (κ2) is 5.08. The van der Waals surface area contributed by atoms with Gasteiger partial charge in [0, 0.05) is 6.20 Å². The molecule has 2 nitrogen and oxygen atoms in total. The van der Waals surface area contributed by atoms with Gasteiger partial charge in [-0.05, 0) is 43.0 Å². The van der Waals surface area contributed by atoms with E-state index >= 15 is 0 Å². The van der Waals surface area contributed by atoms with Crippen molar-refractivity contribution in [2.45, 2.75) is 52.2 Å². The maximum atomic E-state index is 6.06. The smallest absolute Gasteiger partial charge is 0.236 e. The largest absolute Gasteiger partial charge is 0.408 e. The Hall–Kier alpha value is -0.383. The van der Waals surface area contributed by atoms with Crippen LogP contribution in [0.3, 0.4) is 0 Å². The van der Waals surface area contributed by atoms with Crippen LogP contribution in [0.1, 0.15) is 45.7 Å². The highest BCUT2D eigenvalue weighted by Crippen LogP contribution is 2.31. The molecular formula is C13H20ClNOSi. The molecule has 0 aliphatic rings. The zero-order valence-electron chi connectivity index (χ0n) is 11.4. The standard InChI is InChI=1S/C13H20ClNOSi/c1-9-8-15-11(14)7-10(9)13(5,6)16-17-12(2,3)4/h7-8H,1-6H3. The Bertz CT molecular complexity index is 399. The molecule has 1 aromatic heterocycles. The summed E-state index contributed by atoms with van der Waals surface area (Å²) in [6.07, 6.45) is 1.79. The van der Waals surface area contributed by atoms with E-state index in [-0.39, 0.29) is 10.6 Å². The highest BCUT2D eigenvalue weighted by atomic mass is 35.5. The molecule has 0 aliphatic carbocycles. The van der Waals surface area contributed by atoms with Crippen molar-refractivity contribution in [3.05, 3.63) is 28.5 Å². The third-order valence-electron chi connectivity index (χ3n) is 2.33. The molecule has 0 amide bonds. The molecule has 0 fully saturated rings. The fourth-order valence-corrected chi connectivity index (χ4v) is 2.31. The lowest BCUT2D eigenvalue weighted by molar-refractivity contribution is 0.108. The quantitative estimate of drug-likeness (QED) is 0.608. The lowest BCUT2D eigenvalue weighted by Gasteiger charge is -2.30. The number of hydrogen-bond donors (Lipinski definition) is 0. The number of aromatic nitrogens is 1. The van der Waals surface area contributed by atoms with Gasteiger partial charge in [0.25, 0.3) is 0 Å². The summed E-state index contributed by atoms with van der Waals surface area (Å²) in [7, 11) is 0.448. The Kier molecular flexibility index (Phi) is 4.39. The predicted molar refractivity (Wildman–Crippen MR) is 73.6 cm³/mol. The minimum Gasteiger partial charge on any atom is -0.408 e. The van der Waals surface area contributed by atoms with Gasteiger partial charge in [0.15, 0.2) is 0 Å². The van der Waals surface area contributed by atoms with Gasteiger partial charge in [-0.15, -0.1) is 0 Å². The van der Waals surface area contributed by atoms with Crippen molar-refractivity contribution in [3.63, 3.8) is 0 Å². The lowest BCUT2D eigenvalue weighted by atomic mass is 9.96. The molecule has 0 spiro atoms. The van der Waals surface area contributed by atoms with Crippen LogP contribution in [0.5, 0.6) is 0 Å². The molecule has 0 unspecified atom stereocenters. The Balaban J connectivity index is 2.92. The average Bonchev–Trinajstić information content (AvgIpc) is 2.18. The molecule has 94 valence electrons. The number of pyridine rings is 1. The summed E-state index contributed by atoms with van der Waals surface area (Å²) in [5, 5.41) is 0.698. The van der Waals surface area contributed by atoms with Crippen molar-refractivity contribution in [3.8, 4) is 0 Å². The summed E-state index contributed by atoms with van der Waals surface area (Å²) in [5.74, 6) is 0. The van der Waals surface area contributed by atoms with Crippen molar-refractivity contribution in [1.29, 1.82) is 0 Å². The number of hydrogen-bond acceptors (Lipinski definition) is 2. The van der Waals surface area contributed by atoms with Crippen molar-refractivity contribution in [2.24, 2.45) is 0 Å². The molecule has 1 rings (SSSR count). The SMILES string of the molecule is Cc1cnc(Cl)cc1C(C)(C)O[Si]C(C)(C)C. The summed E-state index contributed by atoms with van der Waals surface area (Å²) in [6, 6.07) is 1.89. The normalized spacial score (nSPS) is 12.9. The zero-order valence-corrected chi connectivity index (χ0v) is 13.1. The van der Waals surface area contributed by atoms with E-state index in [4.69, 9.17) is 16.0 Å². The summed E-state index contributed by atoms with van der Waals surface area (Å²) in [5.41, 5.74) is 1.88. The molecule has 0 aliphatic heterocycles. The molecule has 0 N–H and O–H groups in total. The minimum absolute atomic E-state index is 0.183. The van der Waals surface area contributed by atoms with Crippen LogP contribution in [0.4, 0.5) is 0 Å². The topological polar surface area (TPSA) is 22.1 Å². The highest BCUT2D eigenvalue weighted by Gasteiger charge is 2.27. The fraction of sp³-hybridized carbons (Fsp3) is 0.615. The van der Waals surface area contributed by atoms with E-state index in [1.165, 1.54) is 0 Å². The van der Waals surface area contributed by atoms with Gasteiger partial charge in [0.1, 0.15) is 5.15 Å². The van der Waals surface area contributed by atoms with Crippen LogP contribution in [0.15, 0.2) is 12.3 Å². The molecular weight excluding hydrogens is 250 g/mol. The molecule has 1 heterocycles. The van der Waals surface area contributed by atoms with E-state index in [0.717, 1.165) is 11.1 Å². The summed E-state index contributed by atoms with van der Waals surface area (Å²) in [4.78, 5) is 4.07. The molecule has 0 saturated carbocycles. The first-order valence-corrected chi connectivity index (χ1v) is 6.98. The molecule has 2 radical (unpaired) electrons. The van der Waals surface area contributed by atoms with E-state index in [9.17, 15) is 0 Å². The van der Waals surface area contributed by atoms with Gasteiger partial charge in [-0.3, -0.25) is 0 Å². The maximum Gasteiger partial charge on any atom is 0.236 e. The van der Waals surface area contributed by atoms with Gasteiger partial charge >= 0.3 is 0 Å². The number of rotatable bonds is 3. The van der Waals surface area contributed by atoms with Gasteiger partial charge in [-0.25, -0.2) is 4.98 Å². The first-order chi connectivity index (χ1) is 7.62. The molecule has 17 heavy (non-hydrogen) atoms. The van der Waals surface area contributed by atoms with Gasteiger partial charge in [-0.2, -0.15) is 0 Å². The Labute approximate surface area is 112 Å². The van der Waals surface area contributed by atoms with Crippen LogP contribution in [0.25, 0.3) is 0 Å². The summed E-state index contributed by atoms with van der Waals surface area (Å²) in [6.45, 7) is 12.7. The average molecular weight is 270 g/mol. The first-order valence-electron chi connectivity index (χ1n) is 5.70. The minimum atomic E-state index is -0.331. The van der Waals surface area contributed by atoms with Crippen LogP contribution in [-0.2, 0) is 10.0 Å². The fourth-order valence-electron chi connectivity index (χ4n) is 1.48. The van der Waals surface area contributed by atoms with Crippen LogP contribution in [0, 0.1) is 6.92 Å². The monoisotopic (exact) mass is 269 g/mol. The maximum absolute atomic E-state index is 6.06. The second-order valence-corrected chi connectivity index (χ2v) is 8.08. The predicted octanol–water partition coefficient (Wildman–Crippen LogP) is 4.13. The number of halogens is 1. The van der Waals surface area contributed by atoms with E-state index in [1.807, 2.05) is 13.0 Å². The molecule has 0 bridgehead atoms. The molecule has 4 heteroatoms. The van der Waals surface area contributed by atoms with Crippen LogP contribution < -0.4 is 0 Å². The van der Waals surface area contributed by atoms with Gasteiger partial charge < -0.3 is 4.43 Å². The van der Waals surface area contributed by atoms with Gasteiger partial charge in [0.05, 0.1) is 5.60 Å². The highest BCUT2D eigenvalue weighted by molar-refractivity contribution is 6.32. The first kappa shape index (κ1) is 14.7. The Morgan fingerprint density at radius 1 is 1.24 bits per heavy atom. The van der Waals surface area contributed by atoms with E-state index < -0.39 is 0 Å². The van der Waals surface area contributed by atoms with Crippen LogP contribution >= 0.6 is 11.6 Å². The molecule has 0 aromatic carbocycles. The third-order valence-corrected chi connectivity index (χ3v) is 3.76. The second-order valence-electron chi connectivity index (χ2n) is 5.79. The van der Waals surface area contributed by atoms with E-state index in [0.29, 0.717) is 14.9 Å². The van der Waals surface area contributed by atoms with Crippen LogP contribution in [0.2, 0.25) is 10.2 Å². The van der Waals surface area contributed by atoms with Crippen molar-refractivity contribution in [2.75, 3.05) is 0 Å². The van der Waals surface area contributed by atoms with Crippen molar-refractivity contribution < 1.29 is 4.43 Å². The Morgan fingerprint density at radius 2 is 1.82 bits per heavy atom. The van der Waals surface area contributed by atoms with Crippen molar-refractivity contribution in [1.82, 2.24) is 4.98 Å². The van der Waals surface area contributed by atoms with Crippen LogP contribution in [-0.4, -0.2) is 14.7 Å². The molecule has 1 aromatic rings. The summed E-state index contributed by atoms with van der Waals surface area (Å²) < 4.78 is 6.06. The third kappa shape index (κ3) is 4.41.